The number of rotatable bonds is 4. The van der Waals surface area contributed by atoms with E-state index in [-0.39, 0.29) is 5.92 Å². The van der Waals surface area contributed by atoms with E-state index in [1.165, 1.54) is 0 Å². The van der Waals surface area contributed by atoms with Gasteiger partial charge in [0.25, 0.3) is 0 Å². The Labute approximate surface area is 118 Å². The van der Waals surface area contributed by atoms with Gasteiger partial charge in [-0.1, -0.05) is 72.8 Å². The Bertz CT molecular complexity index is 631. The van der Waals surface area contributed by atoms with Crippen molar-refractivity contribution in [3.63, 3.8) is 0 Å². The number of aliphatic carboxylic acids is 1. The number of benzene rings is 2. The highest BCUT2D eigenvalue weighted by molar-refractivity contribution is 5.84. The van der Waals surface area contributed by atoms with Crippen LogP contribution in [0.25, 0.3) is 6.08 Å². The predicted octanol–water partition coefficient (Wildman–Crippen LogP) is 3.96. The van der Waals surface area contributed by atoms with Crippen molar-refractivity contribution >= 4 is 12.0 Å². The molecule has 0 unspecified atom stereocenters. The molecule has 20 heavy (non-hydrogen) atoms. The smallest absolute Gasteiger partial charge is 0.314 e. The molecule has 1 fully saturated rings. The van der Waals surface area contributed by atoms with E-state index in [1.54, 1.807) is 0 Å². The minimum atomic E-state index is -0.739. The van der Waals surface area contributed by atoms with Crippen molar-refractivity contribution in [1.82, 2.24) is 0 Å². The van der Waals surface area contributed by atoms with Gasteiger partial charge in [0.05, 0.1) is 5.41 Å². The lowest BCUT2D eigenvalue weighted by molar-refractivity contribution is -0.141. The highest BCUT2D eigenvalue weighted by Gasteiger charge is 2.59. The van der Waals surface area contributed by atoms with Gasteiger partial charge in [-0.2, -0.15) is 0 Å². The number of carboxylic acids is 1. The molecule has 2 aromatic rings. The first-order chi connectivity index (χ1) is 9.72. The van der Waals surface area contributed by atoms with Crippen molar-refractivity contribution in [2.24, 2.45) is 5.41 Å². The summed E-state index contributed by atoms with van der Waals surface area (Å²) in [7, 11) is 0. The van der Waals surface area contributed by atoms with Gasteiger partial charge in [0.2, 0.25) is 0 Å². The summed E-state index contributed by atoms with van der Waals surface area (Å²) < 4.78 is 0. The number of hydrogen-bond donors (Lipinski definition) is 1. The third-order valence-electron chi connectivity index (χ3n) is 3.98. The van der Waals surface area contributed by atoms with Crippen LogP contribution in [0.4, 0.5) is 0 Å². The van der Waals surface area contributed by atoms with Crippen molar-refractivity contribution in [3.05, 3.63) is 77.9 Å². The molecule has 0 radical (unpaired) electrons. The molecular weight excluding hydrogens is 248 g/mol. The van der Waals surface area contributed by atoms with Crippen LogP contribution >= 0.6 is 0 Å². The average Bonchev–Trinajstić information content (AvgIpc) is 3.23. The topological polar surface area (TPSA) is 37.3 Å². The lowest BCUT2D eigenvalue weighted by Crippen LogP contribution is -2.14. The van der Waals surface area contributed by atoms with E-state index in [1.807, 2.05) is 72.8 Å². The van der Waals surface area contributed by atoms with Crippen LogP contribution in [0.15, 0.2) is 66.7 Å². The predicted molar refractivity (Wildman–Crippen MR) is 79.3 cm³/mol. The standard InChI is InChI=1S/C18H16O2/c19-17(20)18(12-11-14-7-3-1-4-8-14)13-16(18)15-9-5-2-6-10-15/h1-12,16H,13H2,(H,19,20)/t16-,18+/m0/s1. The Morgan fingerprint density at radius 1 is 1.05 bits per heavy atom. The summed E-state index contributed by atoms with van der Waals surface area (Å²) in [5.74, 6) is -0.653. The molecule has 2 nitrogen and oxygen atoms in total. The van der Waals surface area contributed by atoms with Gasteiger partial charge in [-0.15, -0.1) is 0 Å². The molecule has 1 saturated carbocycles. The minimum Gasteiger partial charge on any atom is -0.481 e. The van der Waals surface area contributed by atoms with E-state index < -0.39 is 11.4 Å². The van der Waals surface area contributed by atoms with Gasteiger partial charge < -0.3 is 5.11 Å². The third-order valence-corrected chi connectivity index (χ3v) is 3.98. The van der Waals surface area contributed by atoms with Crippen LogP contribution in [0.1, 0.15) is 23.5 Å². The van der Waals surface area contributed by atoms with E-state index in [2.05, 4.69) is 0 Å². The molecule has 0 aromatic heterocycles. The van der Waals surface area contributed by atoms with E-state index >= 15 is 0 Å². The lowest BCUT2D eigenvalue weighted by atomic mass is 9.97. The van der Waals surface area contributed by atoms with Crippen molar-refractivity contribution in [1.29, 1.82) is 0 Å². The van der Waals surface area contributed by atoms with Crippen LogP contribution < -0.4 is 0 Å². The van der Waals surface area contributed by atoms with E-state index in [0.717, 1.165) is 11.1 Å². The largest absolute Gasteiger partial charge is 0.481 e. The van der Waals surface area contributed by atoms with Crippen molar-refractivity contribution in [2.75, 3.05) is 0 Å². The second kappa shape index (κ2) is 4.97. The van der Waals surface area contributed by atoms with Crippen LogP contribution in [0.5, 0.6) is 0 Å². The summed E-state index contributed by atoms with van der Waals surface area (Å²) >= 11 is 0. The minimum absolute atomic E-state index is 0.0844. The highest BCUT2D eigenvalue weighted by Crippen LogP contribution is 2.60. The molecule has 1 aliphatic rings. The summed E-state index contributed by atoms with van der Waals surface area (Å²) in [4.78, 5) is 11.6. The normalized spacial score (nSPS) is 24.7. The monoisotopic (exact) mass is 264 g/mol. The molecule has 0 spiro atoms. The fraction of sp³-hybridized carbons (Fsp3) is 0.167. The molecular formula is C18H16O2. The van der Waals surface area contributed by atoms with Crippen molar-refractivity contribution < 1.29 is 9.90 Å². The van der Waals surface area contributed by atoms with Crippen LogP contribution in [-0.4, -0.2) is 11.1 Å². The van der Waals surface area contributed by atoms with Gasteiger partial charge in [0, 0.05) is 5.92 Å². The van der Waals surface area contributed by atoms with Gasteiger partial charge in [-0.05, 0) is 17.5 Å². The second-order valence-electron chi connectivity index (χ2n) is 5.26. The van der Waals surface area contributed by atoms with E-state index in [0.29, 0.717) is 6.42 Å². The van der Waals surface area contributed by atoms with Crippen LogP contribution in [0, 0.1) is 5.41 Å². The molecule has 0 aliphatic heterocycles. The zero-order chi connectivity index (χ0) is 14.0. The summed E-state index contributed by atoms with van der Waals surface area (Å²) in [5.41, 5.74) is 1.40. The molecule has 0 heterocycles. The van der Waals surface area contributed by atoms with E-state index in [9.17, 15) is 9.90 Å². The maximum Gasteiger partial charge on any atom is 0.314 e. The Hall–Kier alpha value is -2.35. The zero-order valence-corrected chi connectivity index (χ0v) is 11.1. The maximum absolute atomic E-state index is 11.6. The fourth-order valence-electron chi connectivity index (χ4n) is 2.68. The average molecular weight is 264 g/mol. The third kappa shape index (κ3) is 2.25. The van der Waals surface area contributed by atoms with Gasteiger partial charge in [-0.25, -0.2) is 0 Å². The quantitative estimate of drug-likeness (QED) is 0.907. The SMILES string of the molecule is O=C(O)[C@]1(C=Cc2ccccc2)C[C@H]1c1ccccc1. The molecule has 100 valence electrons. The fourth-order valence-corrected chi connectivity index (χ4v) is 2.68. The van der Waals surface area contributed by atoms with Gasteiger partial charge in [0.1, 0.15) is 0 Å². The molecule has 1 N–H and O–H groups in total. The Morgan fingerprint density at radius 2 is 1.65 bits per heavy atom. The molecule has 2 heteroatoms. The highest BCUT2D eigenvalue weighted by atomic mass is 16.4. The summed E-state index contributed by atoms with van der Waals surface area (Å²) in [5, 5.41) is 9.56. The number of carboxylic acid groups (broad SMARTS) is 1. The Balaban J connectivity index is 1.85. The second-order valence-corrected chi connectivity index (χ2v) is 5.26. The van der Waals surface area contributed by atoms with E-state index in [4.69, 9.17) is 0 Å². The summed E-state index contributed by atoms with van der Waals surface area (Å²) in [6.45, 7) is 0. The summed E-state index contributed by atoms with van der Waals surface area (Å²) in [6, 6.07) is 19.7. The molecule has 2 atom stereocenters. The first kappa shape index (κ1) is 12.7. The first-order valence-corrected chi connectivity index (χ1v) is 6.75. The molecule has 2 aromatic carbocycles. The maximum atomic E-state index is 11.6. The molecule has 0 bridgehead atoms. The van der Waals surface area contributed by atoms with Crippen LogP contribution in [-0.2, 0) is 4.79 Å². The zero-order valence-electron chi connectivity index (χ0n) is 11.1. The van der Waals surface area contributed by atoms with Gasteiger partial charge in [0.15, 0.2) is 0 Å². The molecule has 0 saturated heterocycles. The lowest BCUT2D eigenvalue weighted by Gasteiger charge is -2.07. The molecule has 3 rings (SSSR count). The van der Waals surface area contributed by atoms with Gasteiger partial charge >= 0.3 is 5.97 Å². The van der Waals surface area contributed by atoms with Gasteiger partial charge in [-0.3, -0.25) is 4.79 Å². The Morgan fingerprint density at radius 3 is 2.25 bits per heavy atom. The summed E-state index contributed by atoms with van der Waals surface area (Å²) in [6.07, 6.45) is 4.44. The number of hydrogen-bond acceptors (Lipinski definition) is 1. The van der Waals surface area contributed by atoms with Crippen LogP contribution in [0.2, 0.25) is 0 Å². The first-order valence-electron chi connectivity index (χ1n) is 6.75. The van der Waals surface area contributed by atoms with Crippen molar-refractivity contribution in [3.8, 4) is 0 Å². The Kier molecular flexibility index (Phi) is 3.15. The van der Waals surface area contributed by atoms with Crippen molar-refractivity contribution in [2.45, 2.75) is 12.3 Å². The molecule has 1 aliphatic carbocycles. The number of carbonyl (C=O) groups is 1. The molecule has 0 amide bonds. The van der Waals surface area contributed by atoms with Crippen LogP contribution in [0.3, 0.4) is 0 Å².